The van der Waals surface area contributed by atoms with Crippen LogP contribution in [0.25, 0.3) is 11.3 Å². The summed E-state index contributed by atoms with van der Waals surface area (Å²) in [5.41, 5.74) is 2.71. The van der Waals surface area contributed by atoms with Crippen LogP contribution in [0, 0.1) is 3.57 Å². The fraction of sp³-hybridized carbons (Fsp3) is 0.333. The topological polar surface area (TPSA) is 58.4 Å². The van der Waals surface area contributed by atoms with Crippen LogP contribution in [0.1, 0.15) is 18.5 Å². The molecule has 0 unspecified atom stereocenters. The number of hydrogen-bond donors (Lipinski definition) is 1. The number of aromatic nitrogens is 2. The summed E-state index contributed by atoms with van der Waals surface area (Å²) in [5, 5.41) is 14.8. The zero-order valence-corrected chi connectivity index (χ0v) is 14.5. The van der Waals surface area contributed by atoms with E-state index in [1.54, 1.807) is 0 Å². The summed E-state index contributed by atoms with van der Waals surface area (Å²) in [6.07, 6.45) is 1.10. The number of fused-ring (bicyclic) bond motifs is 2. The van der Waals surface area contributed by atoms with E-state index >= 15 is 0 Å². The summed E-state index contributed by atoms with van der Waals surface area (Å²) in [7, 11) is 0. The van der Waals surface area contributed by atoms with Gasteiger partial charge in [-0.2, -0.15) is 5.10 Å². The molecular weight excluding hydrogens is 417 g/mol. The molecule has 2 aliphatic rings. The minimum absolute atomic E-state index is 0.136. The maximum Gasteiger partial charge on any atom is 0.407 e. The highest BCUT2D eigenvalue weighted by Crippen LogP contribution is 2.49. The molecule has 0 bridgehead atoms. The van der Waals surface area contributed by atoms with E-state index in [1.165, 1.54) is 4.90 Å². The predicted molar refractivity (Wildman–Crippen MR) is 91.0 cm³/mol. The van der Waals surface area contributed by atoms with Crippen LogP contribution in [0.3, 0.4) is 0 Å². The predicted octanol–water partition coefficient (Wildman–Crippen LogP) is 3.79. The lowest BCUT2D eigenvalue weighted by atomic mass is 10.1. The molecule has 1 aromatic heterocycles. The van der Waals surface area contributed by atoms with Gasteiger partial charge in [-0.1, -0.05) is 23.7 Å². The third-order valence-corrected chi connectivity index (χ3v) is 5.76. The molecule has 4 rings (SSSR count). The molecule has 7 heteroatoms. The molecule has 1 fully saturated rings. The van der Waals surface area contributed by atoms with Gasteiger partial charge < -0.3 is 5.11 Å². The fourth-order valence-corrected chi connectivity index (χ4v) is 4.10. The lowest BCUT2D eigenvalue weighted by molar-refractivity contribution is 0.114. The zero-order chi connectivity index (χ0) is 15.5. The van der Waals surface area contributed by atoms with E-state index in [-0.39, 0.29) is 5.54 Å². The molecule has 1 spiro atoms. The van der Waals surface area contributed by atoms with E-state index in [9.17, 15) is 9.90 Å². The number of carboxylic acid groups (broad SMARTS) is 1. The number of nitrogens with zero attached hydrogens (tertiary/aromatic N) is 3. The van der Waals surface area contributed by atoms with Crippen LogP contribution in [-0.4, -0.2) is 32.4 Å². The summed E-state index contributed by atoms with van der Waals surface area (Å²) in [6, 6.07) is 7.62. The average Bonchev–Trinajstić information content (AvgIpc) is 3.16. The Kier molecular flexibility index (Phi) is 3.16. The van der Waals surface area contributed by atoms with Crippen molar-refractivity contribution in [3.8, 4) is 11.3 Å². The van der Waals surface area contributed by atoms with Crippen molar-refractivity contribution >= 4 is 40.3 Å². The quantitative estimate of drug-likeness (QED) is 0.702. The van der Waals surface area contributed by atoms with Gasteiger partial charge in [0, 0.05) is 17.1 Å². The van der Waals surface area contributed by atoms with Crippen molar-refractivity contribution in [1.82, 2.24) is 14.7 Å². The Morgan fingerprint density at radius 2 is 2.18 bits per heavy atom. The van der Waals surface area contributed by atoms with E-state index in [0.29, 0.717) is 18.1 Å². The largest absolute Gasteiger partial charge is 0.465 e. The van der Waals surface area contributed by atoms with Crippen molar-refractivity contribution in [2.24, 2.45) is 0 Å². The molecule has 1 aromatic carbocycles. The monoisotopic (exact) mass is 429 g/mol. The summed E-state index contributed by atoms with van der Waals surface area (Å²) in [5.74, 6) is 0. The maximum atomic E-state index is 11.4. The molecule has 1 aliphatic carbocycles. The van der Waals surface area contributed by atoms with E-state index in [2.05, 4.69) is 27.3 Å². The van der Waals surface area contributed by atoms with Gasteiger partial charge in [-0.15, -0.1) is 0 Å². The molecule has 1 N–H and O–H groups in total. The first-order chi connectivity index (χ1) is 10.5. The second-order valence-electron chi connectivity index (χ2n) is 5.89. The maximum absolute atomic E-state index is 11.4. The first kappa shape index (κ1) is 14.3. The Hall–Kier alpha value is -1.28. The third kappa shape index (κ3) is 2.11. The second-order valence-corrected chi connectivity index (χ2v) is 7.41. The molecule has 0 atom stereocenters. The molecule has 114 valence electrons. The molecule has 1 amide bonds. The Labute approximate surface area is 146 Å². The number of rotatable bonds is 1. The summed E-state index contributed by atoms with van der Waals surface area (Å²) in [4.78, 5) is 12.9. The summed E-state index contributed by atoms with van der Waals surface area (Å²) in [6.45, 7) is 0.922. The Balaban J connectivity index is 1.84. The summed E-state index contributed by atoms with van der Waals surface area (Å²) < 4.78 is 3.07. The van der Waals surface area contributed by atoms with Crippen molar-refractivity contribution < 1.29 is 9.90 Å². The SMILES string of the molecule is O=C(O)N1Cc2c(I)c(-c3cccc(Cl)c3)nn2C2(CC2)C1. The van der Waals surface area contributed by atoms with Gasteiger partial charge in [0.2, 0.25) is 0 Å². The number of carbonyl (C=O) groups is 1. The van der Waals surface area contributed by atoms with Gasteiger partial charge in [0.1, 0.15) is 5.69 Å². The lowest BCUT2D eigenvalue weighted by Gasteiger charge is -2.32. The Bertz CT molecular complexity index is 785. The smallest absolute Gasteiger partial charge is 0.407 e. The van der Waals surface area contributed by atoms with Crippen molar-refractivity contribution in [2.45, 2.75) is 24.9 Å². The highest BCUT2D eigenvalue weighted by molar-refractivity contribution is 14.1. The highest BCUT2D eigenvalue weighted by atomic mass is 127. The first-order valence-corrected chi connectivity index (χ1v) is 8.47. The Morgan fingerprint density at radius 3 is 2.82 bits per heavy atom. The van der Waals surface area contributed by atoms with E-state index in [0.717, 1.165) is 33.4 Å². The van der Waals surface area contributed by atoms with Crippen LogP contribution in [0.15, 0.2) is 24.3 Å². The normalized spacial score (nSPS) is 18.4. The van der Waals surface area contributed by atoms with E-state index in [1.807, 2.05) is 24.3 Å². The van der Waals surface area contributed by atoms with Crippen molar-refractivity contribution in [3.63, 3.8) is 0 Å². The van der Waals surface area contributed by atoms with Crippen LogP contribution >= 0.6 is 34.2 Å². The molecule has 1 aliphatic heterocycles. The van der Waals surface area contributed by atoms with E-state index < -0.39 is 6.09 Å². The van der Waals surface area contributed by atoms with Gasteiger partial charge in [-0.3, -0.25) is 9.58 Å². The second kappa shape index (κ2) is 4.86. The molecular formula is C15H13ClIN3O2. The van der Waals surface area contributed by atoms with Gasteiger partial charge in [-0.25, -0.2) is 4.79 Å². The number of hydrogen-bond acceptors (Lipinski definition) is 2. The number of benzene rings is 1. The van der Waals surface area contributed by atoms with Gasteiger partial charge in [0.25, 0.3) is 0 Å². The number of halogens is 2. The number of amides is 1. The molecule has 1 saturated carbocycles. The molecule has 2 aromatic rings. The zero-order valence-electron chi connectivity index (χ0n) is 11.6. The standard InChI is InChI=1S/C15H13ClIN3O2/c16-10-3-1-2-9(6-10)13-12(17)11-7-19(14(21)22)8-15(4-5-15)20(11)18-13/h1-3,6H,4-5,7-8H2,(H,21,22). The molecule has 0 saturated heterocycles. The third-order valence-electron chi connectivity index (χ3n) is 4.39. The Morgan fingerprint density at radius 1 is 1.41 bits per heavy atom. The summed E-state index contributed by atoms with van der Waals surface area (Å²) >= 11 is 8.35. The van der Waals surface area contributed by atoms with Gasteiger partial charge >= 0.3 is 6.09 Å². The minimum atomic E-state index is -0.862. The van der Waals surface area contributed by atoms with Crippen LogP contribution < -0.4 is 0 Å². The average molecular weight is 430 g/mol. The first-order valence-electron chi connectivity index (χ1n) is 7.02. The van der Waals surface area contributed by atoms with Crippen LogP contribution in [0.4, 0.5) is 4.79 Å². The van der Waals surface area contributed by atoms with Gasteiger partial charge in [-0.05, 0) is 47.6 Å². The minimum Gasteiger partial charge on any atom is -0.465 e. The van der Waals surface area contributed by atoms with Crippen LogP contribution in [0.5, 0.6) is 0 Å². The molecule has 22 heavy (non-hydrogen) atoms. The highest BCUT2D eigenvalue weighted by Gasteiger charge is 2.52. The van der Waals surface area contributed by atoms with Crippen LogP contribution in [-0.2, 0) is 12.1 Å². The van der Waals surface area contributed by atoms with Crippen LogP contribution in [0.2, 0.25) is 5.02 Å². The van der Waals surface area contributed by atoms with Crippen molar-refractivity contribution in [3.05, 3.63) is 38.6 Å². The van der Waals surface area contributed by atoms with Crippen molar-refractivity contribution in [1.29, 1.82) is 0 Å². The molecule has 2 heterocycles. The lowest BCUT2D eigenvalue weighted by Crippen LogP contribution is -2.45. The van der Waals surface area contributed by atoms with Gasteiger partial charge in [0.05, 0.1) is 21.3 Å². The van der Waals surface area contributed by atoms with Crippen molar-refractivity contribution in [2.75, 3.05) is 6.54 Å². The van der Waals surface area contributed by atoms with E-state index in [4.69, 9.17) is 16.7 Å². The molecule has 5 nitrogen and oxygen atoms in total. The molecule has 0 radical (unpaired) electrons. The fourth-order valence-electron chi connectivity index (χ4n) is 3.09. The van der Waals surface area contributed by atoms with Gasteiger partial charge in [0.15, 0.2) is 0 Å².